The van der Waals surface area contributed by atoms with Gasteiger partial charge in [-0.1, -0.05) is 19.1 Å². The van der Waals surface area contributed by atoms with Gasteiger partial charge in [0.2, 0.25) is 0 Å². The molecule has 0 amide bonds. The third-order valence-electron chi connectivity index (χ3n) is 8.14. The van der Waals surface area contributed by atoms with Crippen LogP contribution in [0.1, 0.15) is 62.5 Å². The van der Waals surface area contributed by atoms with Crippen molar-refractivity contribution in [1.29, 1.82) is 0 Å². The second-order valence-corrected chi connectivity index (χ2v) is 8.90. The fourth-order valence-corrected chi connectivity index (χ4v) is 6.79. The van der Waals surface area contributed by atoms with Crippen LogP contribution >= 0.6 is 0 Å². The first-order valence-electron chi connectivity index (χ1n) is 9.85. The minimum absolute atomic E-state index is 0.0552. The standard InChI is InChI=1S/C22H28N2O/c1-3-10-22(25)12-9-19-17-5-4-15-14(16(17)8-11-21(19,22)2)6-7-20-18(15)13-23-24-20/h3,6-7,13,16-17,19,25H,1,4-5,8-12H2,2H3,(H,23,24). The van der Waals surface area contributed by atoms with E-state index in [0.717, 1.165) is 31.6 Å². The molecule has 2 N–H and O–H groups in total. The van der Waals surface area contributed by atoms with Crippen molar-refractivity contribution in [2.45, 2.75) is 63.4 Å². The zero-order chi connectivity index (χ0) is 17.2. The van der Waals surface area contributed by atoms with Gasteiger partial charge in [0.1, 0.15) is 0 Å². The number of hydrogen-bond donors (Lipinski definition) is 2. The van der Waals surface area contributed by atoms with Gasteiger partial charge in [0, 0.05) is 5.39 Å². The predicted octanol–water partition coefficient (Wildman–Crippen LogP) is 4.73. The van der Waals surface area contributed by atoms with E-state index < -0.39 is 5.60 Å². The Bertz CT molecular complexity index is 840. The Balaban J connectivity index is 1.54. The molecule has 0 saturated heterocycles. The molecule has 5 rings (SSSR count). The van der Waals surface area contributed by atoms with E-state index in [1.807, 2.05) is 12.3 Å². The molecule has 0 spiro atoms. The monoisotopic (exact) mass is 336 g/mol. The summed E-state index contributed by atoms with van der Waals surface area (Å²) in [4.78, 5) is 0. The highest BCUT2D eigenvalue weighted by molar-refractivity contribution is 5.83. The second-order valence-electron chi connectivity index (χ2n) is 8.90. The molecule has 0 aliphatic heterocycles. The topological polar surface area (TPSA) is 48.9 Å². The van der Waals surface area contributed by atoms with E-state index in [2.05, 4.69) is 35.8 Å². The third kappa shape index (κ3) is 1.93. The van der Waals surface area contributed by atoms with Crippen molar-refractivity contribution in [2.24, 2.45) is 17.3 Å². The van der Waals surface area contributed by atoms with Gasteiger partial charge >= 0.3 is 0 Å². The minimum atomic E-state index is -0.542. The maximum absolute atomic E-state index is 11.4. The Kier molecular flexibility index (Phi) is 3.25. The molecular weight excluding hydrogens is 308 g/mol. The van der Waals surface area contributed by atoms with Crippen molar-refractivity contribution >= 4 is 10.9 Å². The lowest BCUT2D eigenvalue weighted by molar-refractivity contribution is -0.100. The van der Waals surface area contributed by atoms with Crippen LogP contribution in [0.15, 0.2) is 31.0 Å². The first-order valence-corrected chi connectivity index (χ1v) is 9.85. The number of H-pyrrole nitrogens is 1. The Morgan fingerprint density at radius 1 is 1.32 bits per heavy atom. The van der Waals surface area contributed by atoms with E-state index >= 15 is 0 Å². The highest BCUT2D eigenvalue weighted by Gasteiger charge is 2.60. The molecule has 5 atom stereocenters. The predicted molar refractivity (Wildman–Crippen MR) is 100 cm³/mol. The van der Waals surface area contributed by atoms with Crippen molar-refractivity contribution in [1.82, 2.24) is 10.2 Å². The summed E-state index contributed by atoms with van der Waals surface area (Å²) >= 11 is 0. The molecule has 0 radical (unpaired) electrons. The first kappa shape index (κ1) is 15.6. The number of nitrogens with one attached hydrogen (secondary N) is 1. The lowest BCUT2D eigenvalue weighted by atomic mass is 9.53. The van der Waals surface area contributed by atoms with Gasteiger partial charge in [-0.2, -0.15) is 5.10 Å². The molecule has 3 aliphatic rings. The molecule has 3 heteroatoms. The van der Waals surface area contributed by atoms with Crippen LogP contribution in [-0.2, 0) is 6.42 Å². The van der Waals surface area contributed by atoms with Gasteiger partial charge in [-0.3, -0.25) is 5.10 Å². The second kappa shape index (κ2) is 5.20. The fourth-order valence-electron chi connectivity index (χ4n) is 6.79. The summed E-state index contributed by atoms with van der Waals surface area (Å²) in [6, 6.07) is 4.56. The van der Waals surface area contributed by atoms with Crippen LogP contribution < -0.4 is 0 Å². The number of nitrogens with zero attached hydrogens (tertiary/aromatic N) is 1. The summed E-state index contributed by atoms with van der Waals surface area (Å²) in [6.07, 6.45) is 11.5. The van der Waals surface area contributed by atoms with Gasteiger partial charge < -0.3 is 5.11 Å². The lowest BCUT2D eigenvalue weighted by Crippen LogP contribution is -2.50. The number of aromatic nitrogens is 2. The van der Waals surface area contributed by atoms with Crippen molar-refractivity contribution in [3.63, 3.8) is 0 Å². The summed E-state index contributed by atoms with van der Waals surface area (Å²) in [5.41, 5.74) is 3.76. The molecule has 2 saturated carbocycles. The summed E-state index contributed by atoms with van der Waals surface area (Å²) in [5.74, 6) is 2.02. The summed E-state index contributed by atoms with van der Waals surface area (Å²) < 4.78 is 0. The molecule has 2 fully saturated rings. The minimum Gasteiger partial charge on any atom is -0.389 e. The molecule has 5 unspecified atom stereocenters. The van der Waals surface area contributed by atoms with E-state index in [4.69, 9.17) is 0 Å². The molecule has 3 nitrogen and oxygen atoms in total. The highest BCUT2D eigenvalue weighted by Crippen LogP contribution is 2.65. The van der Waals surface area contributed by atoms with Crippen molar-refractivity contribution < 1.29 is 5.11 Å². The average molecular weight is 336 g/mol. The first-order chi connectivity index (χ1) is 12.1. The van der Waals surface area contributed by atoms with E-state index in [1.54, 1.807) is 5.56 Å². The largest absolute Gasteiger partial charge is 0.389 e. The average Bonchev–Trinajstić information content (AvgIpc) is 3.18. The molecule has 1 aromatic heterocycles. The van der Waals surface area contributed by atoms with Crippen LogP contribution in [0.4, 0.5) is 0 Å². The van der Waals surface area contributed by atoms with Crippen LogP contribution in [0.3, 0.4) is 0 Å². The van der Waals surface area contributed by atoms with Gasteiger partial charge in [-0.05, 0) is 85.3 Å². The number of benzene rings is 1. The highest BCUT2D eigenvalue weighted by atomic mass is 16.3. The Hall–Kier alpha value is -1.61. The Labute approximate surface area is 149 Å². The van der Waals surface area contributed by atoms with Crippen LogP contribution in [0.2, 0.25) is 0 Å². The molecule has 1 heterocycles. The summed E-state index contributed by atoms with van der Waals surface area (Å²) in [6.45, 7) is 6.26. The van der Waals surface area contributed by atoms with Crippen molar-refractivity contribution in [2.75, 3.05) is 0 Å². The normalized spacial score (nSPS) is 39.7. The smallest absolute Gasteiger partial charge is 0.0738 e. The molecule has 3 aliphatic carbocycles. The molecular formula is C22H28N2O. The van der Waals surface area contributed by atoms with Gasteiger partial charge in [0.25, 0.3) is 0 Å². The van der Waals surface area contributed by atoms with Crippen molar-refractivity contribution in [3.8, 4) is 0 Å². The number of aryl methyl sites for hydroxylation is 1. The quantitative estimate of drug-likeness (QED) is 0.779. The third-order valence-corrected chi connectivity index (χ3v) is 8.14. The van der Waals surface area contributed by atoms with E-state index in [1.165, 1.54) is 35.7 Å². The van der Waals surface area contributed by atoms with Crippen molar-refractivity contribution in [3.05, 3.63) is 42.1 Å². The molecule has 132 valence electrons. The molecule has 0 bridgehead atoms. The van der Waals surface area contributed by atoms with Crippen LogP contribution in [0.5, 0.6) is 0 Å². The number of aliphatic hydroxyl groups is 1. The van der Waals surface area contributed by atoms with E-state index in [9.17, 15) is 5.11 Å². The summed E-state index contributed by atoms with van der Waals surface area (Å²) in [7, 11) is 0. The number of fused-ring (bicyclic) bond motifs is 7. The molecule has 1 aromatic carbocycles. The molecule has 25 heavy (non-hydrogen) atoms. The number of aromatic amines is 1. The zero-order valence-electron chi connectivity index (χ0n) is 15.1. The Morgan fingerprint density at radius 3 is 3.04 bits per heavy atom. The zero-order valence-corrected chi connectivity index (χ0v) is 15.1. The van der Waals surface area contributed by atoms with Crippen LogP contribution in [-0.4, -0.2) is 20.9 Å². The van der Waals surface area contributed by atoms with Crippen LogP contribution in [0.25, 0.3) is 10.9 Å². The van der Waals surface area contributed by atoms with Crippen LogP contribution in [0, 0.1) is 17.3 Å². The Morgan fingerprint density at radius 2 is 2.20 bits per heavy atom. The maximum Gasteiger partial charge on any atom is 0.0738 e. The fraction of sp³-hybridized carbons (Fsp3) is 0.591. The SMILES string of the molecule is C=CCC1(O)CCC2C3CCc4c(ccc5[nH]ncc45)C3CCC21C. The van der Waals surface area contributed by atoms with Gasteiger partial charge in [-0.25, -0.2) is 0 Å². The molecule has 2 aromatic rings. The lowest BCUT2D eigenvalue weighted by Gasteiger charge is -2.53. The maximum atomic E-state index is 11.4. The van der Waals surface area contributed by atoms with E-state index in [-0.39, 0.29) is 5.41 Å². The summed E-state index contributed by atoms with van der Waals surface area (Å²) in [5, 5.41) is 20.0. The van der Waals surface area contributed by atoms with E-state index in [0.29, 0.717) is 11.8 Å². The van der Waals surface area contributed by atoms with Gasteiger partial charge in [0.05, 0.1) is 17.3 Å². The van der Waals surface area contributed by atoms with Gasteiger partial charge in [0.15, 0.2) is 0 Å². The van der Waals surface area contributed by atoms with Gasteiger partial charge in [-0.15, -0.1) is 6.58 Å². The number of rotatable bonds is 2. The number of hydrogen-bond acceptors (Lipinski definition) is 2.